The maximum atomic E-state index is 12.4. The molecule has 1 aliphatic carbocycles. The molecule has 0 radical (unpaired) electrons. The highest BCUT2D eigenvalue weighted by molar-refractivity contribution is 9.09. The molecule has 0 spiro atoms. The number of rotatable bonds is 4. The molecule has 0 amide bonds. The van der Waals surface area contributed by atoms with E-state index in [-0.39, 0.29) is 10.6 Å². The van der Waals surface area contributed by atoms with Gasteiger partial charge in [-0.3, -0.25) is 0 Å². The molecule has 1 fully saturated rings. The molecule has 1 aliphatic rings. The van der Waals surface area contributed by atoms with Crippen molar-refractivity contribution in [2.45, 2.75) is 50.1 Å². The first-order valence-electron chi connectivity index (χ1n) is 6.48. The summed E-state index contributed by atoms with van der Waals surface area (Å²) in [5, 5.41) is 0.778. The van der Waals surface area contributed by atoms with E-state index in [1.54, 1.807) is 6.92 Å². The lowest BCUT2D eigenvalue weighted by atomic mass is 9.78. The summed E-state index contributed by atoms with van der Waals surface area (Å²) in [5.41, 5.74) is -0.379. The van der Waals surface area contributed by atoms with Gasteiger partial charge in [-0.25, -0.2) is 18.1 Å². The van der Waals surface area contributed by atoms with Gasteiger partial charge in [0.1, 0.15) is 5.82 Å². The van der Waals surface area contributed by atoms with Crippen molar-refractivity contribution in [3.05, 3.63) is 12.0 Å². The number of H-pyrrole nitrogens is 1. The lowest BCUT2D eigenvalue weighted by molar-refractivity contribution is 0.241. The van der Waals surface area contributed by atoms with E-state index in [1.807, 2.05) is 0 Å². The molecule has 0 aromatic carbocycles. The van der Waals surface area contributed by atoms with Crippen LogP contribution in [0.4, 0.5) is 0 Å². The summed E-state index contributed by atoms with van der Waals surface area (Å²) in [5.74, 6) is 1.14. The zero-order chi connectivity index (χ0) is 14.1. The highest BCUT2D eigenvalue weighted by Crippen LogP contribution is 2.34. The van der Waals surface area contributed by atoms with Gasteiger partial charge >= 0.3 is 0 Å². The van der Waals surface area contributed by atoms with Gasteiger partial charge in [-0.1, -0.05) is 35.7 Å². The van der Waals surface area contributed by atoms with Gasteiger partial charge in [0.15, 0.2) is 5.03 Å². The van der Waals surface area contributed by atoms with Gasteiger partial charge in [0.05, 0.1) is 6.20 Å². The first kappa shape index (κ1) is 15.0. The van der Waals surface area contributed by atoms with Crippen molar-refractivity contribution < 1.29 is 8.42 Å². The third kappa shape index (κ3) is 3.38. The van der Waals surface area contributed by atoms with E-state index < -0.39 is 10.0 Å². The average Bonchev–Trinajstić information content (AvgIpc) is 2.76. The molecule has 2 atom stereocenters. The molecule has 1 heterocycles. The molecular weight excluding hydrogens is 330 g/mol. The molecule has 0 saturated heterocycles. The number of nitrogens with one attached hydrogen (secondary N) is 2. The number of aromatic nitrogens is 2. The maximum Gasteiger partial charge on any atom is 0.258 e. The average molecular weight is 350 g/mol. The molecule has 1 aromatic heterocycles. The molecule has 7 heteroatoms. The summed E-state index contributed by atoms with van der Waals surface area (Å²) in [6, 6.07) is 0. The number of aromatic amines is 1. The number of sulfonamides is 1. The molecule has 0 aliphatic heterocycles. The Bertz CT molecular complexity index is 543. The third-order valence-corrected chi connectivity index (χ3v) is 6.23. The number of alkyl halides is 1. The molecule has 1 aromatic rings. The largest absolute Gasteiger partial charge is 0.332 e. The minimum absolute atomic E-state index is 0.142. The van der Waals surface area contributed by atoms with Gasteiger partial charge in [0.25, 0.3) is 10.0 Å². The number of imidazole rings is 1. The van der Waals surface area contributed by atoms with Crippen LogP contribution in [-0.2, 0) is 10.0 Å². The Balaban J connectivity index is 2.22. The van der Waals surface area contributed by atoms with Crippen LogP contribution in [0.5, 0.6) is 0 Å². The van der Waals surface area contributed by atoms with Crippen LogP contribution < -0.4 is 4.72 Å². The first-order chi connectivity index (χ1) is 8.87. The van der Waals surface area contributed by atoms with Crippen LogP contribution in [0.25, 0.3) is 0 Å². The van der Waals surface area contributed by atoms with Gasteiger partial charge in [-0.2, -0.15) is 0 Å². The number of halogens is 1. The highest BCUT2D eigenvalue weighted by Gasteiger charge is 2.38. The quantitative estimate of drug-likeness (QED) is 0.819. The normalized spacial score (nSPS) is 28.5. The summed E-state index contributed by atoms with van der Waals surface area (Å²) in [7, 11) is -3.53. The molecule has 19 heavy (non-hydrogen) atoms. The minimum Gasteiger partial charge on any atom is -0.332 e. The van der Waals surface area contributed by atoms with Crippen molar-refractivity contribution in [1.82, 2.24) is 14.7 Å². The van der Waals surface area contributed by atoms with E-state index in [1.165, 1.54) is 12.6 Å². The molecule has 5 nitrogen and oxygen atoms in total. The predicted molar refractivity (Wildman–Crippen MR) is 77.8 cm³/mol. The van der Waals surface area contributed by atoms with Crippen molar-refractivity contribution >= 4 is 26.0 Å². The summed E-state index contributed by atoms with van der Waals surface area (Å²) in [4.78, 5) is 6.73. The molecule has 2 rings (SSSR count). The van der Waals surface area contributed by atoms with Crippen molar-refractivity contribution in [2.24, 2.45) is 5.92 Å². The van der Waals surface area contributed by atoms with E-state index in [4.69, 9.17) is 0 Å². The number of aryl methyl sites for hydroxylation is 1. The lowest BCUT2D eigenvalue weighted by Crippen LogP contribution is -2.52. The highest BCUT2D eigenvalue weighted by atomic mass is 79.9. The fourth-order valence-corrected chi connectivity index (χ4v) is 5.02. The standard InChI is InChI=1S/C12H20BrN3O2S/c1-9-4-3-5-12(6-9,8-13)16-19(17,18)11-7-14-10(2)15-11/h7,9,16H,3-6,8H2,1-2H3,(H,14,15). The van der Waals surface area contributed by atoms with Gasteiger partial charge in [-0.15, -0.1) is 0 Å². The number of hydrogen-bond acceptors (Lipinski definition) is 3. The second-order valence-corrected chi connectivity index (χ2v) is 7.77. The molecule has 108 valence electrons. The first-order valence-corrected chi connectivity index (χ1v) is 9.09. The summed E-state index contributed by atoms with van der Waals surface area (Å²) < 4.78 is 27.6. The van der Waals surface area contributed by atoms with Crippen LogP contribution >= 0.6 is 15.9 Å². The second-order valence-electron chi connectivity index (χ2n) is 5.55. The molecule has 1 saturated carbocycles. The predicted octanol–water partition coefficient (Wildman–Crippen LogP) is 2.34. The summed E-state index contributed by atoms with van der Waals surface area (Å²) in [6.07, 6.45) is 5.32. The van der Waals surface area contributed by atoms with Crippen LogP contribution in [0.2, 0.25) is 0 Å². The third-order valence-electron chi connectivity index (χ3n) is 3.67. The lowest BCUT2D eigenvalue weighted by Gasteiger charge is -2.39. The van der Waals surface area contributed by atoms with Gasteiger partial charge in [0, 0.05) is 10.9 Å². The smallest absolute Gasteiger partial charge is 0.258 e. The van der Waals surface area contributed by atoms with Gasteiger partial charge in [-0.05, 0) is 25.7 Å². The minimum atomic E-state index is -3.53. The van der Waals surface area contributed by atoms with E-state index in [0.717, 1.165) is 19.3 Å². The number of hydrogen-bond donors (Lipinski definition) is 2. The van der Waals surface area contributed by atoms with Crippen LogP contribution in [0.3, 0.4) is 0 Å². The second kappa shape index (κ2) is 5.54. The fourth-order valence-electron chi connectivity index (χ4n) is 2.78. The number of nitrogens with zero attached hydrogens (tertiary/aromatic N) is 1. The Morgan fingerprint density at radius 2 is 2.37 bits per heavy atom. The zero-order valence-electron chi connectivity index (χ0n) is 11.2. The van der Waals surface area contributed by atoms with Crippen molar-refractivity contribution in [3.63, 3.8) is 0 Å². The molecule has 0 bridgehead atoms. The zero-order valence-corrected chi connectivity index (χ0v) is 13.6. The van der Waals surface area contributed by atoms with Crippen LogP contribution in [0, 0.1) is 12.8 Å². The van der Waals surface area contributed by atoms with E-state index in [0.29, 0.717) is 17.1 Å². The SMILES string of the molecule is Cc1ncc(S(=O)(=O)NC2(CBr)CCCC(C)C2)[nH]1. The van der Waals surface area contributed by atoms with Gasteiger partial charge < -0.3 is 4.98 Å². The van der Waals surface area contributed by atoms with Crippen LogP contribution in [-0.4, -0.2) is 29.3 Å². The van der Waals surface area contributed by atoms with Crippen LogP contribution in [0.15, 0.2) is 11.2 Å². The molecule has 2 unspecified atom stereocenters. The van der Waals surface area contributed by atoms with E-state index >= 15 is 0 Å². The monoisotopic (exact) mass is 349 g/mol. The van der Waals surface area contributed by atoms with Gasteiger partial charge in [0.2, 0.25) is 0 Å². The molecule has 2 N–H and O–H groups in total. The Hall–Kier alpha value is -0.400. The Labute approximate surface area is 122 Å². The Morgan fingerprint density at radius 1 is 1.63 bits per heavy atom. The maximum absolute atomic E-state index is 12.4. The van der Waals surface area contributed by atoms with E-state index in [9.17, 15) is 8.42 Å². The topological polar surface area (TPSA) is 74.8 Å². The van der Waals surface area contributed by atoms with Crippen molar-refractivity contribution in [3.8, 4) is 0 Å². The Kier molecular flexibility index (Phi) is 4.37. The van der Waals surface area contributed by atoms with Crippen LogP contribution in [0.1, 0.15) is 38.4 Å². The summed E-state index contributed by atoms with van der Waals surface area (Å²) in [6.45, 7) is 3.91. The molecular formula is C12H20BrN3O2S. The Morgan fingerprint density at radius 3 is 2.89 bits per heavy atom. The van der Waals surface area contributed by atoms with E-state index in [2.05, 4.69) is 37.5 Å². The summed E-state index contributed by atoms with van der Waals surface area (Å²) >= 11 is 3.47. The van der Waals surface area contributed by atoms with Crippen molar-refractivity contribution in [1.29, 1.82) is 0 Å². The fraction of sp³-hybridized carbons (Fsp3) is 0.750. The van der Waals surface area contributed by atoms with Crippen molar-refractivity contribution in [2.75, 3.05) is 5.33 Å².